The summed E-state index contributed by atoms with van der Waals surface area (Å²) in [7, 11) is -3.99. The van der Waals surface area contributed by atoms with Gasteiger partial charge in [-0.3, -0.25) is 14.4 Å². The van der Waals surface area contributed by atoms with E-state index in [1.807, 2.05) is 0 Å². The van der Waals surface area contributed by atoms with Crippen molar-refractivity contribution in [1.29, 1.82) is 0 Å². The Morgan fingerprint density at radius 1 is 0.952 bits per heavy atom. The molecule has 0 amide bonds. The van der Waals surface area contributed by atoms with Crippen LogP contribution in [0.25, 0.3) is 0 Å². The highest BCUT2D eigenvalue weighted by Gasteiger charge is 2.60. The van der Waals surface area contributed by atoms with Gasteiger partial charge in [0.25, 0.3) is 17.9 Å². The van der Waals surface area contributed by atoms with Crippen LogP contribution in [0.1, 0.15) is 41.0 Å². The fourth-order valence-corrected chi connectivity index (χ4v) is 4.08. The highest BCUT2D eigenvalue weighted by molar-refractivity contribution is 6.66. The second-order valence-electron chi connectivity index (χ2n) is 4.55. The van der Waals surface area contributed by atoms with Crippen molar-refractivity contribution in [3.8, 4) is 0 Å². The SMILES string of the molecule is C=C(C)COC(CC)[Si](OC(C)=O)(OC(C)=O)OC(C)=O. The molecule has 1 atom stereocenters. The standard InChI is InChI=1S/C13H22O7Si/c1-7-13(17-8-9(2)3)21(18-10(4)14,19-11(5)15)20-12(6)16/h13H,2,7-8H2,1,3-6H3. The Labute approximate surface area is 125 Å². The van der Waals surface area contributed by atoms with Gasteiger partial charge in [0.1, 0.15) is 0 Å². The summed E-state index contributed by atoms with van der Waals surface area (Å²) >= 11 is 0. The van der Waals surface area contributed by atoms with Crippen LogP contribution in [-0.2, 0) is 32.4 Å². The normalized spacial score (nSPS) is 12.2. The van der Waals surface area contributed by atoms with Gasteiger partial charge < -0.3 is 18.0 Å². The molecular formula is C13H22O7Si. The molecule has 0 aromatic rings. The van der Waals surface area contributed by atoms with Crippen LogP contribution in [-0.4, -0.2) is 39.0 Å². The van der Waals surface area contributed by atoms with Gasteiger partial charge in [-0.05, 0) is 13.3 Å². The topological polar surface area (TPSA) is 88.1 Å². The summed E-state index contributed by atoms with van der Waals surface area (Å²) in [5, 5.41) is 0. The fraction of sp³-hybridized carbons (Fsp3) is 0.615. The van der Waals surface area contributed by atoms with Gasteiger partial charge in [0.15, 0.2) is 5.73 Å². The molecular weight excluding hydrogens is 296 g/mol. The molecule has 0 aromatic carbocycles. The lowest BCUT2D eigenvalue weighted by Gasteiger charge is -2.31. The van der Waals surface area contributed by atoms with E-state index in [9.17, 15) is 14.4 Å². The third kappa shape index (κ3) is 7.05. The molecule has 0 N–H and O–H groups in total. The van der Waals surface area contributed by atoms with E-state index in [2.05, 4.69) is 6.58 Å². The van der Waals surface area contributed by atoms with Gasteiger partial charge in [-0.2, -0.15) is 0 Å². The lowest BCUT2D eigenvalue weighted by Crippen LogP contribution is -2.59. The van der Waals surface area contributed by atoms with Crippen molar-refractivity contribution >= 4 is 26.7 Å². The van der Waals surface area contributed by atoms with Crippen LogP contribution in [0.5, 0.6) is 0 Å². The van der Waals surface area contributed by atoms with Crippen molar-refractivity contribution < 1.29 is 32.4 Å². The van der Waals surface area contributed by atoms with Crippen LogP contribution in [0, 0.1) is 0 Å². The third-order valence-corrected chi connectivity index (χ3v) is 5.23. The van der Waals surface area contributed by atoms with Crippen molar-refractivity contribution in [3.63, 3.8) is 0 Å². The highest BCUT2D eigenvalue weighted by Crippen LogP contribution is 2.22. The Bertz CT molecular complexity index is 378. The van der Waals surface area contributed by atoms with Crippen molar-refractivity contribution in [2.75, 3.05) is 6.61 Å². The molecule has 7 nitrogen and oxygen atoms in total. The van der Waals surface area contributed by atoms with E-state index in [0.29, 0.717) is 6.42 Å². The van der Waals surface area contributed by atoms with E-state index in [1.165, 1.54) is 0 Å². The maximum absolute atomic E-state index is 11.3. The summed E-state index contributed by atoms with van der Waals surface area (Å²) < 4.78 is 20.9. The number of carbonyl (C=O) groups is 3. The van der Waals surface area contributed by atoms with E-state index < -0.39 is 32.4 Å². The molecule has 0 radical (unpaired) electrons. The largest absolute Gasteiger partial charge is 0.735 e. The van der Waals surface area contributed by atoms with Gasteiger partial charge in [-0.25, -0.2) is 0 Å². The first-order valence-corrected chi connectivity index (χ1v) is 8.27. The fourth-order valence-electron chi connectivity index (χ4n) is 1.57. The molecule has 0 aliphatic carbocycles. The van der Waals surface area contributed by atoms with E-state index in [4.69, 9.17) is 18.0 Å². The molecule has 0 heterocycles. The summed E-state index contributed by atoms with van der Waals surface area (Å²) in [5.74, 6) is -2.16. The molecule has 0 bridgehead atoms. The Balaban J connectivity index is 5.53. The monoisotopic (exact) mass is 318 g/mol. The van der Waals surface area contributed by atoms with Crippen molar-refractivity contribution in [2.45, 2.75) is 46.8 Å². The zero-order valence-electron chi connectivity index (χ0n) is 13.1. The smallest absolute Gasteiger partial charge is 0.454 e. The average molecular weight is 318 g/mol. The van der Waals surface area contributed by atoms with E-state index >= 15 is 0 Å². The van der Waals surface area contributed by atoms with Crippen LogP contribution < -0.4 is 0 Å². The molecule has 120 valence electrons. The summed E-state index contributed by atoms with van der Waals surface area (Å²) in [6, 6.07) is 0. The maximum atomic E-state index is 11.3. The Morgan fingerprint density at radius 3 is 1.57 bits per heavy atom. The molecule has 8 heteroatoms. The molecule has 0 rings (SSSR count). The average Bonchev–Trinajstić information content (AvgIpc) is 2.25. The zero-order valence-corrected chi connectivity index (χ0v) is 14.1. The predicted molar refractivity (Wildman–Crippen MR) is 75.9 cm³/mol. The first-order valence-electron chi connectivity index (χ1n) is 6.47. The van der Waals surface area contributed by atoms with Crippen LogP contribution >= 0.6 is 0 Å². The van der Waals surface area contributed by atoms with Gasteiger partial charge in [0.05, 0.1) is 6.61 Å². The summed E-state index contributed by atoms with van der Waals surface area (Å²) in [5.41, 5.74) is -0.115. The number of hydrogen-bond donors (Lipinski definition) is 0. The lowest BCUT2D eigenvalue weighted by molar-refractivity contribution is -0.151. The van der Waals surface area contributed by atoms with Gasteiger partial charge in [0.2, 0.25) is 0 Å². The third-order valence-electron chi connectivity index (χ3n) is 2.15. The first kappa shape index (κ1) is 19.3. The number of ether oxygens (including phenoxy) is 1. The summed E-state index contributed by atoms with van der Waals surface area (Å²) in [6.45, 7) is 10.8. The summed E-state index contributed by atoms with van der Waals surface area (Å²) in [6.07, 6.45) is 0.327. The van der Waals surface area contributed by atoms with Gasteiger partial charge in [-0.15, -0.1) is 0 Å². The predicted octanol–water partition coefficient (Wildman–Crippen LogP) is 1.53. The zero-order chi connectivity index (χ0) is 16.6. The van der Waals surface area contributed by atoms with Gasteiger partial charge in [-0.1, -0.05) is 19.1 Å². The van der Waals surface area contributed by atoms with Crippen molar-refractivity contribution in [3.05, 3.63) is 12.2 Å². The molecule has 0 fully saturated rings. The van der Waals surface area contributed by atoms with Crippen molar-refractivity contribution in [1.82, 2.24) is 0 Å². The number of rotatable bonds is 8. The van der Waals surface area contributed by atoms with Crippen LogP contribution in [0.2, 0.25) is 0 Å². The first-order chi connectivity index (χ1) is 9.62. The number of carbonyl (C=O) groups excluding carboxylic acids is 3. The Morgan fingerprint density at radius 2 is 1.33 bits per heavy atom. The molecule has 0 saturated carbocycles. The minimum Gasteiger partial charge on any atom is -0.454 e. The van der Waals surface area contributed by atoms with Gasteiger partial charge >= 0.3 is 8.80 Å². The van der Waals surface area contributed by atoms with E-state index in [1.54, 1.807) is 13.8 Å². The van der Waals surface area contributed by atoms with E-state index in [0.717, 1.165) is 26.3 Å². The molecule has 0 spiro atoms. The van der Waals surface area contributed by atoms with E-state index in [-0.39, 0.29) is 6.61 Å². The second-order valence-corrected chi connectivity index (χ2v) is 7.01. The molecule has 0 aromatic heterocycles. The number of hydrogen-bond acceptors (Lipinski definition) is 7. The maximum Gasteiger partial charge on any atom is 0.735 e. The molecule has 0 aliphatic heterocycles. The van der Waals surface area contributed by atoms with Crippen molar-refractivity contribution in [2.24, 2.45) is 0 Å². The molecule has 21 heavy (non-hydrogen) atoms. The quantitative estimate of drug-likeness (QED) is 0.495. The highest BCUT2D eigenvalue weighted by atomic mass is 28.4. The lowest BCUT2D eigenvalue weighted by atomic mass is 10.4. The second kappa shape index (κ2) is 8.58. The Kier molecular flexibility index (Phi) is 7.89. The molecule has 0 aliphatic rings. The van der Waals surface area contributed by atoms with Crippen LogP contribution in [0.3, 0.4) is 0 Å². The van der Waals surface area contributed by atoms with Crippen LogP contribution in [0.15, 0.2) is 12.2 Å². The Hall–Kier alpha value is -1.67. The summed E-state index contributed by atoms with van der Waals surface area (Å²) in [4.78, 5) is 34.0. The molecule has 1 unspecified atom stereocenters. The molecule has 0 saturated heterocycles. The van der Waals surface area contributed by atoms with Crippen LogP contribution in [0.4, 0.5) is 0 Å². The minimum absolute atomic E-state index is 0.164. The minimum atomic E-state index is -3.99. The van der Waals surface area contributed by atoms with Gasteiger partial charge in [0, 0.05) is 20.8 Å².